The molecule has 0 radical (unpaired) electrons. The monoisotopic (exact) mass is 468 g/mol. The summed E-state index contributed by atoms with van der Waals surface area (Å²) in [6.45, 7) is 4.81. The number of rotatable bonds is 10. The molecular formula is C27H28N6S. The van der Waals surface area contributed by atoms with Crippen molar-refractivity contribution in [2.45, 2.75) is 31.6 Å². The summed E-state index contributed by atoms with van der Waals surface area (Å²) in [7, 11) is 0. The number of tetrazole rings is 1. The quantitative estimate of drug-likeness (QED) is 0.224. The van der Waals surface area contributed by atoms with Gasteiger partial charge in [0.15, 0.2) is 0 Å². The summed E-state index contributed by atoms with van der Waals surface area (Å²) in [5.74, 6) is 0.954. The molecule has 7 heteroatoms. The minimum atomic E-state index is 0.824. The van der Waals surface area contributed by atoms with Crippen LogP contribution in [0.4, 0.5) is 0 Å². The van der Waals surface area contributed by atoms with Crippen LogP contribution in [-0.2, 0) is 13.1 Å². The van der Waals surface area contributed by atoms with Crippen LogP contribution in [0.25, 0.3) is 16.6 Å². The van der Waals surface area contributed by atoms with Crippen LogP contribution in [-0.4, -0.2) is 37.1 Å². The van der Waals surface area contributed by atoms with Crippen molar-refractivity contribution in [1.82, 2.24) is 30.1 Å². The number of thioether (sulfide) groups is 1. The predicted octanol–water partition coefficient (Wildman–Crippen LogP) is 5.25. The van der Waals surface area contributed by atoms with Crippen molar-refractivity contribution in [3.8, 4) is 5.69 Å². The van der Waals surface area contributed by atoms with Gasteiger partial charge < -0.3 is 9.88 Å². The normalized spacial score (nSPS) is 11.3. The summed E-state index contributed by atoms with van der Waals surface area (Å²) in [6.07, 6.45) is 3.33. The molecule has 0 aliphatic rings. The lowest BCUT2D eigenvalue weighted by molar-refractivity contribution is 0.677. The highest BCUT2D eigenvalue weighted by Gasteiger charge is 2.10. The average Bonchev–Trinajstić information content (AvgIpc) is 3.48. The molecule has 0 bridgehead atoms. The maximum Gasteiger partial charge on any atom is 0.214 e. The molecule has 0 fully saturated rings. The first-order valence-corrected chi connectivity index (χ1v) is 12.6. The van der Waals surface area contributed by atoms with E-state index >= 15 is 0 Å². The zero-order valence-electron chi connectivity index (χ0n) is 19.3. The van der Waals surface area contributed by atoms with Gasteiger partial charge >= 0.3 is 0 Å². The van der Waals surface area contributed by atoms with E-state index in [-0.39, 0.29) is 0 Å². The predicted molar refractivity (Wildman–Crippen MR) is 138 cm³/mol. The van der Waals surface area contributed by atoms with E-state index in [1.54, 1.807) is 16.4 Å². The molecule has 5 aromatic rings. The molecule has 2 heterocycles. The Labute approximate surface area is 204 Å². The molecule has 6 nitrogen and oxygen atoms in total. The highest BCUT2D eigenvalue weighted by Crippen LogP contribution is 2.23. The zero-order valence-corrected chi connectivity index (χ0v) is 20.1. The first-order valence-electron chi connectivity index (χ1n) is 11.6. The summed E-state index contributed by atoms with van der Waals surface area (Å²) in [6, 6.07) is 27.5. The number of para-hydroxylation sites is 2. The number of nitrogens with zero attached hydrogens (tertiary/aromatic N) is 5. The lowest BCUT2D eigenvalue weighted by Gasteiger charge is -2.06. The fraction of sp³-hybridized carbons (Fsp3) is 0.222. The zero-order chi connectivity index (χ0) is 23.2. The number of fused-ring (bicyclic) bond motifs is 1. The van der Waals surface area contributed by atoms with E-state index in [2.05, 4.69) is 87.1 Å². The molecule has 0 aliphatic heterocycles. The van der Waals surface area contributed by atoms with Crippen molar-refractivity contribution < 1.29 is 0 Å². The Balaban J connectivity index is 1.15. The van der Waals surface area contributed by atoms with Gasteiger partial charge in [0.1, 0.15) is 0 Å². The van der Waals surface area contributed by atoms with Crippen LogP contribution in [0.3, 0.4) is 0 Å². The van der Waals surface area contributed by atoms with E-state index in [1.807, 2.05) is 30.3 Å². The Morgan fingerprint density at radius 3 is 2.56 bits per heavy atom. The van der Waals surface area contributed by atoms with Gasteiger partial charge in [-0.2, -0.15) is 4.68 Å². The van der Waals surface area contributed by atoms with Gasteiger partial charge in [-0.15, -0.1) is 5.10 Å². The van der Waals surface area contributed by atoms with Crippen molar-refractivity contribution in [3.63, 3.8) is 0 Å². The Bertz CT molecular complexity index is 1340. The first kappa shape index (κ1) is 22.4. The molecule has 0 atom stereocenters. The minimum absolute atomic E-state index is 0.824. The van der Waals surface area contributed by atoms with Crippen LogP contribution in [0, 0.1) is 6.92 Å². The molecule has 0 amide bonds. The Hall–Kier alpha value is -3.42. The van der Waals surface area contributed by atoms with Crippen LogP contribution in [0.5, 0.6) is 0 Å². The molecule has 5 rings (SSSR count). The van der Waals surface area contributed by atoms with E-state index in [0.717, 1.165) is 42.7 Å². The highest BCUT2D eigenvalue weighted by atomic mass is 32.2. The third kappa shape index (κ3) is 5.21. The molecule has 0 unspecified atom stereocenters. The van der Waals surface area contributed by atoms with Gasteiger partial charge in [-0.05, 0) is 59.6 Å². The summed E-state index contributed by atoms with van der Waals surface area (Å²) in [5, 5.41) is 17.9. The van der Waals surface area contributed by atoms with Gasteiger partial charge in [0.05, 0.1) is 5.69 Å². The molecule has 172 valence electrons. The highest BCUT2D eigenvalue weighted by molar-refractivity contribution is 7.99. The maximum atomic E-state index is 4.18. The summed E-state index contributed by atoms with van der Waals surface area (Å²) in [5.41, 5.74) is 6.21. The standard InChI is InChI=1S/C27H28N6S/c1-21-12-14-22(15-13-21)19-32-20-23(25-10-5-6-11-26(25)32)18-28-16-7-17-34-27-29-30-31-33(27)24-8-3-2-4-9-24/h2-6,8-15,20,28H,7,16-19H2,1H3. The Morgan fingerprint density at radius 1 is 0.912 bits per heavy atom. The largest absolute Gasteiger partial charge is 0.343 e. The van der Waals surface area contributed by atoms with Gasteiger partial charge in [0, 0.05) is 35.9 Å². The molecule has 0 aliphatic carbocycles. The van der Waals surface area contributed by atoms with Gasteiger partial charge in [-0.1, -0.05) is 78.0 Å². The number of aromatic nitrogens is 5. The smallest absolute Gasteiger partial charge is 0.214 e. The van der Waals surface area contributed by atoms with E-state index < -0.39 is 0 Å². The average molecular weight is 469 g/mol. The summed E-state index contributed by atoms with van der Waals surface area (Å²) >= 11 is 1.69. The third-order valence-electron chi connectivity index (χ3n) is 5.83. The van der Waals surface area contributed by atoms with Crippen molar-refractivity contribution >= 4 is 22.7 Å². The SMILES string of the molecule is Cc1ccc(Cn2cc(CNCCCSc3nnnn3-c3ccccc3)c3ccccc32)cc1. The molecule has 34 heavy (non-hydrogen) atoms. The van der Waals surface area contributed by atoms with Crippen LogP contribution < -0.4 is 5.32 Å². The van der Waals surface area contributed by atoms with Crippen molar-refractivity contribution in [2.24, 2.45) is 0 Å². The summed E-state index contributed by atoms with van der Waals surface area (Å²) < 4.78 is 4.15. The molecule has 2 aromatic heterocycles. The molecule has 3 aromatic carbocycles. The third-order valence-corrected chi connectivity index (χ3v) is 6.84. The molecular weight excluding hydrogens is 440 g/mol. The van der Waals surface area contributed by atoms with Crippen molar-refractivity contribution in [2.75, 3.05) is 12.3 Å². The van der Waals surface area contributed by atoms with Gasteiger partial charge in [-0.25, -0.2) is 0 Å². The maximum absolute atomic E-state index is 4.18. The second-order valence-corrected chi connectivity index (χ2v) is 9.43. The van der Waals surface area contributed by atoms with Crippen LogP contribution in [0.15, 0.2) is 90.2 Å². The number of aryl methyl sites for hydroxylation is 1. The molecule has 0 spiro atoms. The Kier molecular flexibility index (Phi) is 7.02. The molecule has 0 saturated carbocycles. The second kappa shape index (κ2) is 10.7. The lowest BCUT2D eigenvalue weighted by atomic mass is 10.1. The minimum Gasteiger partial charge on any atom is -0.343 e. The van der Waals surface area contributed by atoms with Crippen molar-refractivity contribution in [1.29, 1.82) is 0 Å². The first-order chi connectivity index (χ1) is 16.8. The fourth-order valence-electron chi connectivity index (χ4n) is 4.07. The van der Waals surface area contributed by atoms with E-state index in [9.17, 15) is 0 Å². The molecule has 0 saturated heterocycles. The number of nitrogens with one attached hydrogen (secondary N) is 1. The van der Waals surface area contributed by atoms with Crippen LogP contribution in [0.2, 0.25) is 0 Å². The number of benzene rings is 3. The van der Waals surface area contributed by atoms with Crippen LogP contribution >= 0.6 is 11.8 Å². The van der Waals surface area contributed by atoms with E-state index in [0.29, 0.717) is 0 Å². The van der Waals surface area contributed by atoms with Crippen LogP contribution in [0.1, 0.15) is 23.1 Å². The van der Waals surface area contributed by atoms with Gasteiger partial charge in [-0.3, -0.25) is 0 Å². The lowest BCUT2D eigenvalue weighted by Crippen LogP contribution is -2.15. The number of hydrogen-bond donors (Lipinski definition) is 1. The van der Waals surface area contributed by atoms with E-state index in [1.165, 1.54) is 27.6 Å². The van der Waals surface area contributed by atoms with Crippen molar-refractivity contribution in [3.05, 3.63) is 102 Å². The molecule has 1 N–H and O–H groups in total. The summed E-state index contributed by atoms with van der Waals surface area (Å²) in [4.78, 5) is 0. The number of hydrogen-bond acceptors (Lipinski definition) is 5. The topological polar surface area (TPSA) is 60.6 Å². The van der Waals surface area contributed by atoms with E-state index in [4.69, 9.17) is 0 Å². The second-order valence-electron chi connectivity index (χ2n) is 8.37. The fourth-order valence-corrected chi connectivity index (χ4v) is 4.90. The Morgan fingerprint density at radius 2 is 1.71 bits per heavy atom. The van der Waals surface area contributed by atoms with Gasteiger partial charge in [0.25, 0.3) is 0 Å². The van der Waals surface area contributed by atoms with Gasteiger partial charge in [0.2, 0.25) is 5.16 Å².